The van der Waals surface area contributed by atoms with Gasteiger partial charge in [0.2, 0.25) is 0 Å². The molecule has 11 heteroatoms. The third-order valence-electron chi connectivity index (χ3n) is 3.32. The lowest BCUT2D eigenvalue weighted by atomic mass is 10.4. The maximum Gasteiger partial charge on any atom is 0.419 e. The lowest BCUT2D eigenvalue weighted by Crippen LogP contribution is -2.22. The number of carbonyl (C=O) groups is 2. The first-order valence-corrected chi connectivity index (χ1v) is 8.74. The molecule has 2 rings (SSSR count). The first-order valence-electron chi connectivity index (χ1n) is 8.74. The zero-order valence-corrected chi connectivity index (χ0v) is 15.6. The number of nitrogens with zero attached hydrogens (tertiary/aromatic N) is 4. The number of hydrogen-bond donors (Lipinski definition) is 0. The highest BCUT2D eigenvalue weighted by Gasteiger charge is 2.07. The van der Waals surface area contributed by atoms with Gasteiger partial charge in [0.15, 0.2) is 0 Å². The molecule has 0 saturated heterocycles. The molecule has 0 spiro atoms. The molecule has 2 heterocycles. The molecule has 0 amide bonds. The van der Waals surface area contributed by atoms with E-state index >= 15 is 0 Å². The normalized spacial score (nSPS) is 11.9. The molecule has 0 aliphatic rings. The van der Waals surface area contributed by atoms with Gasteiger partial charge in [0.05, 0.1) is 39.1 Å². The van der Waals surface area contributed by atoms with Gasteiger partial charge in [-0.15, -0.1) is 0 Å². The van der Waals surface area contributed by atoms with Crippen LogP contribution in [0.2, 0.25) is 0 Å². The molecule has 28 heavy (non-hydrogen) atoms. The summed E-state index contributed by atoms with van der Waals surface area (Å²) in [6.07, 6.45) is 7.58. The predicted octanol–water partition coefficient (Wildman–Crippen LogP) is 1.19. The molecule has 0 radical (unpaired) electrons. The van der Waals surface area contributed by atoms with Gasteiger partial charge in [-0.3, -0.25) is 0 Å². The molecule has 2 aromatic heterocycles. The van der Waals surface area contributed by atoms with E-state index in [0.717, 1.165) is 0 Å². The van der Waals surface area contributed by atoms with Gasteiger partial charge in [-0.05, 0) is 6.92 Å². The molecule has 0 bridgehead atoms. The van der Waals surface area contributed by atoms with Crippen molar-refractivity contribution in [3.05, 3.63) is 37.4 Å². The van der Waals surface area contributed by atoms with Crippen LogP contribution in [0.1, 0.15) is 6.92 Å². The van der Waals surface area contributed by atoms with Crippen LogP contribution in [-0.2, 0) is 23.7 Å². The van der Waals surface area contributed by atoms with E-state index in [-0.39, 0.29) is 32.5 Å². The van der Waals surface area contributed by atoms with E-state index in [2.05, 4.69) is 9.97 Å². The van der Waals surface area contributed by atoms with Crippen LogP contribution in [-0.4, -0.2) is 83.6 Å². The summed E-state index contributed by atoms with van der Waals surface area (Å²) in [5.41, 5.74) is 0. The Morgan fingerprint density at radius 1 is 0.821 bits per heavy atom. The molecule has 1 unspecified atom stereocenters. The third-order valence-corrected chi connectivity index (χ3v) is 3.32. The van der Waals surface area contributed by atoms with Crippen molar-refractivity contribution in [2.75, 3.05) is 46.2 Å². The average Bonchev–Trinajstić information content (AvgIpc) is 3.40. The number of aromatic nitrogens is 4. The molecule has 1 atom stereocenters. The van der Waals surface area contributed by atoms with Crippen LogP contribution in [0, 0.1) is 0 Å². The van der Waals surface area contributed by atoms with Gasteiger partial charge in [-0.1, -0.05) is 0 Å². The first kappa shape index (κ1) is 21.5. The maximum absolute atomic E-state index is 11.5. The lowest BCUT2D eigenvalue weighted by molar-refractivity contribution is -0.0352. The second-order valence-electron chi connectivity index (χ2n) is 5.54. The Bertz CT molecular complexity index is 676. The van der Waals surface area contributed by atoms with Crippen molar-refractivity contribution in [3.8, 4) is 0 Å². The predicted molar refractivity (Wildman–Crippen MR) is 95.0 cm³/mol. The standard InChI is InChI=1S/C17H24N4O7/c1-15(26-10-11-28-17(23)21-5-3-19-14-21)12-25-7-6-24-8-9-27-16(22)20-4-2-18-13-20/h2-5,13-15H,6-12H2,1H3. The fourth-order valence-corrected chi connectivity index (χ4v) is 1.97. The minimum absolute atomic E-state index is 0.141. The fraction of sp³-hybridized carbons (Fsp3) is 0.529. The molecular formula is C17H24N4O7. The number of ether oxygens (including phenoxy) is 5. The van der Waals surface area contributed by atoms with E-state index in [9.17, 15) is 9.59 Å². The molecule has 0 fully saturated rings. The minimum Gasteiger partial charge on any atom is -0.446 e. The SMILES string of the molecule is CC(COCCOCCOC(=O)n1ccnc1)OCCOC(=O)n1ccnc1. The van der Waals surface area contributed by atoms with Crippen molar-refractivity contribution in [2.24, 2.45) is 0 Å². The van der Waals surface area contributed by atoms with Crippen molar-refractivity contribution >= 4 is 12.2 Å². The van der Waals surface area contributed by atoms with Crippen molar-refractivity contribution in [3.63, 3.8) is 0 Å². The minimum atomic E-state index is -0.502. The number of imidazole rings is 2. The molecule has 0 saturated carbocycles. The van der Waals surface area contributed by atoms with E-state index < -0.39 is 12.2 Å². The second kappa shape index (κ2) is 12.6. The highest BCUT2D eigenvalue weighted by atomic mass is 16.6. The number of hydrogen-bond acceptors (Lipinski definition) is 9. The van der Waals surface area contributed by atoms with Crippen molar-refractivity contribution in [1.29, 1.82) is 0 Å². The Labute approximate surface area is 162 Å². The molecule has 154 valence electrons. The van der Waals surface area contributed by atoms with Crippen molar-refractivity contribution in [2.45, 2.75) is 13.0 Å². The van der Waals surface area contributed by atoms with Crippen LogP contribution < -0.4 is 0 Å². The summed E-state index contributed by atoms with van der Waals surface area (Å²) in [7, 11) is 0. The summed E-state index contributed by atoms with van der Waals surface area (Å²) in [5, 5.41) is 0. The molecule has 0 aromatic carbocycles. The van der Waals surface area contributed by atoms with Crippen LogP contribution in [0.15, 0.2) is 37.4 Å². The first-order chi connectivity index (χ1) is 13.7. The van der Waals surface area contributed by atoms with Gasteiger partial charge in [-0.25, -0.2) is 28.7 Å². The van der Waals surface area contributed by atoms with Crippen LogP contribution in [0.5, 0.6) is 0 Å². The smallest absolute Gasteiger partial charge is 0.419 e. The van der Waals surface area contributed by atoms with Gasteiger partial charge >= 0.3 is 12.2 Å². The average molecular weight is 396 g/mol. The number of carbonyl (C=O) groups excluding carboxylic acids is 2. The van der Waals surface area contributed by atoms with E-state index in [1.807, 2.05) is 6.92 Å². The van der Waals surface area contributed by atoms with E-state index in [0.29, 0.717) is 19.8 Å². The zero-order valence-electron chi connectivity index (χ0n) is 15.6. The van der Waals surface area contributed by atoms with Gasteiger partial charge in [0.1, 0.15) is 25.9 Å². The maximum atomic E-state index is 11.5. The Balaban J connectivity index is 1.37. The Morgan fingerprint density at radius 3 is 1.93 bits per heavy atom. The van der Waals surface area contributed by atoms with Gasteiger partial charge in [0.25, 0.3) is 0 Å². The van der Waals surface area contributed by atoms with Gasteiger partial charge in [0, 0.05) is 24.8 Å². The van der Waals surface area contributed by atoms with Crippen molar-refractivity contribution in [1.82, 2.24) is 19.1 Å². The Hall–Kier alpha value is -2.76. The van der Waals surface area contributed by atoms with Crippen LogP contribution in [0.4, 0.5) is 9.59 Å². The molecule has 0 aliphatic carbocycles. The quantitative estimate of drug-likeness (QED) is 0.488. The monoisotopic (exact) mass is 396 g/mol. The largest absolute Gasteiger partial charge is 0.446 e. The van der Waals surface area contributed by atoms with Crippen molar-refractivity contribution < 1.29 is 33.3 Å². The van der Waals surface area contributed by atoms with Gasteiger partial charge < -0.3 is 23.7 Å². The summed E-state index contributed by atoms with van der Waals surface area (Å²) in [6.45, 7) is 3.83. The van der Waals surface area contributed by atoms with E-state index in [4.69, 9.17) is 23.7 Å². The molecule has 0 aliphatic heterocycles. The van der Waals surface area contributed by atoms with Crippen LogP contribution in [0.25, 0.3) is 0 Å². The zero-order chi connectivity index (χ0) is 20.0. The molecule has 0 N–H and O–H groups in total. The summed E-state index contributed by atoms with van der Waals surface area (Å²) in [6, 6.07) is 0. The van der Waals surface area contributed by atoms with Crippen LogP contribution in [0.3, 0.4) is 0 Å². The number of rotatable bonds is 12. The topological polar surface area (TPSA) is 116 Å². The Morgan fingerprint density at radius 2 is 1.36 bits per heavy atom. The van der Waals surface area contributed by atoms with E-state index in [1.165, 1.54) is 46.6 Å². The second-order valence-corrected chi connectivity index (χ2v) is 5.54. The lowest BCUT2D eigenvalue weighted by Gasteiger charge is -2.13. The third kappa shape index (κ3) is 8.29. The van der Waals surface area contributed by atoms with Crippen LogP contribution >= 0.6 is 0 Å². The summed E-state index contributed by atoms with van der Waals surface area (Å²) >= 11 is 0. The van der Waals surface area contributed by atoms with E-state index in [1.54, 1.807) is 0 Å². The highest BCUT2D eigenvalue weighted by Crippen LogP contribution is 1.95. The fourth-order valence-electron chi connectivity index (χ4n) is 1.97. The molecular weight excluding hydrogens is 372 g/mol. The highest BCUT2D eigenvalue weighted by molar-refractivity contribution is 5.70. The molecule has 2 aromatic rings. The van der Waals surface area contributed by atoms with Gasteiger partial charge in [-0.2, -0.15) is 0 Å². The summed E-state index contributed by atoms with van der Waals surface area (Å²) in [5.74, 6) is 0. The summed E-state index contributed by atoms with van der Waals surface area (Å²) < 4.78 is 28.7. The molecule has 11 nitrogen and oxygen atoms in total. The summed E-state index contributed by atoms with van der Waals surface area (Å²) in [4.78, 5) is 30.6. The Kier molecular flexibility index (Phi) is 9.69.